The number of thiophene rings is 1. The number of hydrogen-bond donors (Lipinski definition) is 0. The predicted octanol–water partition coefficient (Wildman–Crippen LogP) is 3.23. The number of nitrogens with zero attached hydrogens (tertiary/aromatic N) is 1. The number of carbonyl (C=O) groups excluding carboxylic acids is 1. The second-order valence-electron chi connectivity index (χ2n) is 5.59. The van der Waals surface area contributed by atoms with Crippen LogP contribution in [-0.2, 0) is 16.4 Å². The minimum absolute atomic E-state index is 0.0394. The number of benzene rings is 1. The highest BCUT2D eigenvalue weighted by Crippen LogP contribution is 2.24. The van der Waals surface area contributed by atoms with E-state index in [1.807, 2.05) is 23.6 Å². The fourth-order valence-corrected chi connectivity index (χ4v) is 5.25. The summed E-state index contributed by atoms with van der Waals surface area (Å²) in [5, 5.41) is 2.48. The molecule has 0 aliphatic carbocycles. The SMILES string of the molecule is O=C(c1cccs1)N(Cc1ccc(Cl)cc1)[C@H]1CCS(=O)(=O)C1. The van der Waals surface area contributed by atoms with Crippen molar-refractivity contribution in [1.29, 1.82) is 0 Å². The van der Waals surface area contributed by atoms with Gasteiger partial charge in [0, 0.05) is 17.6 Å². The topological polar surface area (TPSA) is 54.5 Å². The molecule has 2 aromatic rings. The molecule has 3 rings (SSSR count). The fourth-order valence-electron chi connectivity index (χ4n) is 2.72. The largest absolute Gasteiger partial charge is 0.330 e. The lowest BCUT2D eigenvalue weighted by Gasteiger charge is -2.28. The van der Waals surface area contributed by atoms with Crippen LogP contribution >= 0.6 is 22.9 Å². The first-order chi connectivity index (χ1) is 10.9. The Morgan fingerprint density at radius 2 is 2.00 bits per heavy atom. The molecule has 0 unspecified atom stereocenters. The van der Waals surface area contributed by atoms with Crippen molar-refractivity contribution in [2.75, 3.05) is 11.5 Å². The van der Waals surface area contributed by atoms with Crippen molar-refractivity contribution in [3.8, 4) is 0 Å². The highest BCUT2D eigenvalue weighted by Gasteiger charge is 2.35. The lowest BCUT2D eigenvalue weighted by Crippen LogP contribution is -2.40. The average molecular weight is 370 g/mol. The molecule has 0 radical (unpaired) electrons. The summed E-state index contributed by atoms with van der Waals surface area (Å²) in [5.41, 5.74) is 0.934. The first-order valence-corrected chi connectivity index (χ1v) is 10.3. The Morgan fingerprint density at radius 3 is 2.57 bits per heavy atom. The zero-order valence-corrected chi connectivity index (χ0v) is 14.7. The molecule has 1 aliphatic rings. The molecule has 1 aromatic carbocycles. The van der Waals surface area contributed by atoms with Gasteiger partial charge in [0.2, 0.25) is 0 Å². The van der Waals surface area contributed by atoms with Crippen LogP contribution in [0.5, 0.6) is 0 Å². The van der Waals surface area contributed by atoms with Gasteiger partial charge in [-0.1, -0.05) is 29.8 Å². The molecule has 0 spiro atoms. The lowest BCUT2D eigenvalue weighted by atomic mass is 10.1. The van der Waals surface area contributed by atoms with E-state index in [0.29, 0.717) is 22.9 Å². The first kappa shape index (κ1) is 16.5. The molecular formula is C16H16ClNO3S2. The minimum Gasteiger partial charge on any atom is -0.330 e. The van der Waals surface area contributed by atoms with E-state index < -0.39 is 9.84 Å². The molecule has 0 saturated carbocycles. The second-order valence-corrected chi connectivity index (χ2v) is 9.21. The molecule has 7 heteroatoms. The van der Waals surface area contributed by atoms with E-state index >= 15 is 0 Å². The maximum Gasteiger partial charge on any atom is 0.264 e. The summed E-state index contributed by atoms with van der Waals surface area (Å²) in [4.78, 5) is 15.1. The van der Waals surface area contributed by atoms with E-state index in [1.165, 1.54) is 11.3 Å². The summed E-state index contributed by atoms with van der Waals surface area (Å²) in [6, 6.07) is 10.6. The van der Waals surface area contributed by atoms with Crippen molar-refractivity contribution >= 4 is 38.7 Å². The Labute approximate surface area is 144 Å². The van der Waals surface area contributed by atoms with Crippen LogP contribution in [0.1, 0.15) is 21.7 Å². The molecule has 122 valence electrons. The van der Waals surface area contributed by atoms with Gasteiger partial charge < -0.3 is 4.90 Å². The normalized spacial score (nSPS) is 19.6. The van der Waals surface area contributed by atoms with E-state index in [-0.39, 0.29) is 23.5 Å². The Kier molecular flexibility index (Phi) is 4.75. The van der Waals surface area contributed by atoms with Gasteiger partial charge in [-0.15, -0.1) is 11.3 Å². The van der Waals surface area contributed by atoms with Crippen LogP contribution < -0.4 is 0 Å². The predicted molar refractivity (Wildman–Crippen MR) is 92.7 cm³/mol. The molecule has 23 heavy (non-hydrogen) atoms. The van der Waals surface area contributed by atoms with Crippen LogP contribution in [0.3, 0.4) is 0 Å². The van der Waals surface area contributed by atoms with Gasteiger partial charge in [-0.05, 0) is 35.6 Å². The third kappa shape index (κ3) is 3.94. The highest BCUT2D eigenvalue weighted by molar-refractivity contribution is 7.91. The summed E-state index contributed by atoms with van der Waals surface area (Å²) in [7, 11) is -3.05. The van der Waals surface area contributed by atoms with Gasteiger partial charge in [0.25, 0.3) is 5.91 Å². The van der Waals surface area contributed by atoms with Gasteiger partial charge >= 0.3 is 0 Å². The number of rotatable bonds is 4. The van der Waals surface area contributed by atoms with Crippen LogP contribution in [0.4, 0.5) is 0 Å². The lowest BCUT2D eigenvalue weighted by molar-refractivity contribution is 0.0686. The Bertz CT molecular complexity index is 785. The summed E-state index contributed by atoms with van der Waals surface area (Å²) in [5.74, 6) is 0.0709. The quantitative estimate of drug-likeness (QED) is 0.831. The monoisotopic (exact) mass is 369 g/mol. The van der Waals surface area contributed by atoms with Gasteiger partial charge in [0.1, 0.15) is 0 Å². The summed E-state index contributed by atoms with van der Waals surface area (Å²) >= 11 is 7.27. The van der Waals surface area contributed by atoms with Crippen molar-refractivity contribution in [3.63, 3.8) is 0 Å². The van der Waals surface area contributed by atoms with E-state index in [0.717, 1.165) is 5.56 Å². The van der Waals surface area contributed by atoms with Gasteiger partial charge in [0.15, 0.2) is 9.84 Å². The van der Waals surface area contributed by atoms with Crippen molar-refractivity contribution < 1.29 is 13.2 Å². The molecule has 2 heterocycles. The van der Waals surface area contributed by atoms with E-state index in [1.54, 1.807) is 23.1 Å². The van der Waals surface area contributed by atoms with E-state index in [9.17, 15) is 13.2 Å². The molecule has 0 bridgehead atoms. The maximum absolute atomic E-state index is 12.8. The van der Waals surface area contributed by atoms with Crippen molar-refractivity contribution in [2.24, 2.45) is 0 Å². The average Bonchev–Trinajstić information content (AvgIpc) is 3.15. The summed E-state index contributed by atoms with van der Waals surface area (Å²) in [6.07, 6.45) is 0.493. The highest BCUT2D eigenvalue weighted by atomic mass is 35.5. The summed E-state index contributed by atoms with van der Waals surface area (Å²) < 4.78 is 23.6. The zero-order valence-electron chi connectivity index (χ0n) is 12.3. The summed E-state index contributed by atoms with van der Waals surface area (Å²) in [6.45, 7) is 0.383. The Hall–Kier alpha value is -1.37. The van der Waals surface area contributed by atoms with Crippen LogP contribution in [-0.4, -0.2) is 36.8 Å². The van der Waals surface area contributed by atoms with Crippen LogP contribution in [0.25, 0.3) is 0 Å². The number of halogens is 1. The molecule has 1 atom stereocenters. The van der Waals surface area contributed by atoms with Crippen molar-refractivity contribution in [3.05, 3.63) is 57.2 Å². The van der Waals surface area contributed by atoms with Gasteiger partial charge in [-0.3, -0.25) is 4.79 Å². The molecule has 1 aromatic heterocycles. The van der Waals surface area contributed by atoms with E-state index in [4.69, 9.17) is 11.6 Å². The van der Waals surface area contributed by atoms with E-state index in [2.05, 4.69) is 0 Å². The van der Waals surface area contributed by atoms with Gasteiger partial charge in [-0.25, -0.2) is 8.42 Å². The molecule has 1 amide bonds. The molecule has 1 saturated heterocycles. The van der Waals surface area contributed by atoms with Crippen LogP contribution in [0, 0.1) is 0 Å². The molecule has 0 N–H and O–H groups in total. The standard InChI is InChI=1S/C16H16ClNO3S2/c17-13-5-3-12(4-6-13)10-18(14-7-9-23(20,21)11-14)16(19)15-2-1-8-22-15/h1-6,8,14H,7,9-11H2/t14-/m0/s1. The van der Waals surface area contributed by atoms with Gasteiger partial charge in [0.05, 0.1) is 16.4 Å². The number of hydrogen-bond acceptors (Lipinski definition) is 4. The first-order valence-electron chi connectivity index (χ1n) is 7.24. The zero-order chi connectivity index (χ0) is 16.4. The fraction of sp³-hybridized carbons (Fsp3) is 0.312. The third-order valence-electron chi connectivity index (χ3n) is 3.91. The van der Waals surface area contributed by atoms with Gasteiger partial charge in [-0.2, -0.15) is 0 Å². The number of amides is 1. The maximum atomic E-state index is 12.8. The smallest absolute Gasteiger partial charge is 0.264 e. The molecular weight excluding hydrogens is 354 g/mol. The molecule has 1 fully saturated rings. The van der Waals surface area contributed by atoms with Crippen LogP contribution in [0.2, 0.25) is 5.02 Å². The third-order valence-corrected chi connectivity index (χ3v) is 6.77. The number of sulfone groups is 1. The molecule has 1 aliphatic heterocycles. The second kappa shape index (κ2) is 6.63. The Morgan fingerprint density at radius 1 is 1.26 bits per heavy atom. The minimum atomic E-state index is -3.05. The van der Waals surface area contributed by atoms with Crippen molar-refractivity contribution in [1.82, 2.24) is 4.90 Å². The molecule has 4 nitrogen and oxygen atoms in total. The van der Waals surface area contributed by atoms with Crippen LogP contribution in [0.15, 0.2) is 41.8 Å². The Balaban J connectivity index is 1.87. The number of carbonyl (C=O) groups is 1. The van der Waals surface area contributed by atoms with Crippen molar-refractivity contribution in [2.45, 2.75) is 19.0 Å².